The molecule has 0 bridgehead atoms. The zero-order valence-electron chi connectivity index (χ0n) is 19.8. The zero-order chi connectivity index (χ0) is 26.6. The van der Waals surface area contributed by atoms with Crippen LogP contribution in [0, 0.1) is 0 Å². The van der Waals surface area contributed by atoms with Crippen molar-refractivity contribution in [2.45, 2.75) is 12.9 Å². The standard InChI is InChI=1S/C27H23F3N4O3/c1-33-24-12-7-20(19-5-10-22(11-6-19)37-27(28,29)30)15-23(24)26(36)34(17-25(33)35)16-18-3-8-21(9-4-18)32-14-2-13-31/h2-15H,16-17,31H2,1H3. The first-order valence-electron chi connectivity index (χ1n) is 11.2. The van der Waals surface area contributed by atoms with E-state index in [-0.39, 0.29) is 30.7 Å². The van der Waals surface area contributed by atoms with Crippen LogP contribution in [0.5, 0.6) is 5.75 Å². The fourth-order valence-corrected chi connectivity index (χ4v) is 3.89. The Morgan fingerprint density at radius 1 is 1.00 bits per heavy atom. The van der Waals surface area contributed by atoms with Crippen molar-refractivity contribution in [3.05, 3.63) is 90.1 Å². The van der Waals surface area contributed by atoms with Crippen molar-refractivity contribution in [3.63, 3.8) is 0 Å². The molecule has 0 fully saturated rings. The maximum absolute atomic E-state index is 13.5. The van der Waals surface area contributed by atoms with Gasteiger partial charge in [0, 0.05) is 19.8 Å². The molecule has 3 aromatic carbocycles. The monoisotopic (exact) mass is 508 g/mol. The third-order valence-corrected chi connectivity index (χ3v) is 5.73. The van der Waals surface area contributed by atoms with Crippen LogP contribution < -0.4 is 15.4 Å². The average molecular weight is 509 g/mol. The Hall–Kier alpha value is -4.60. The highest BCUT2D eigenvalue weighted by atomic mass is 19.4. The molecule has 4 rings (SSSR count). The van der Waals surface area contributed by atoms with Gasteiger partial charge in [0.05, 0.1) is 16.9 Å². The lowest BCUT2D eigenvalue weighted by Gasteiger charge is -2.20. The van der Waals surface area contributed by atoms with E-state index in [4.69, 9.17) is 5.73 Å². The summed E-state index contributed by atoms with van der Waals surface area (Å²) in [4.78, 5) is 33.5. The number of benzene rings is 3. The minimum absolute atomic E-state index is 0.107. The Labute approximate surface area is 211 Å². The number of hydrogen-bond acceptors (Lipinski definition) is 5. The van der Waals surface area contributed by atoms with Gasteiger partial charge < -0.3 is 20.3 Å². The van der Waals surface area contributed by atoms with Gasteiger partial charge in [-0.1, -0.05) is 30.3 Å². The fourth-order valence-electron chi connectivity index (χ4n) is 3.89. The third-order valence-electron chi connectivity index (χ3n) is 5.73. The van der Waals surface area contributed by atoms with Crippen LogP contribution in [-0.2, 0) is 11.3 Å². The normalized spacial score (nSPS) is 14.4. The van der Waals surface area contributed by atoms with Gasteiger partial charge in [-0.3, -0.25) is 14.6 Å². The molecule has 0 unspecified atom stereocenters. The van der Waals surface area contributed by atoms with Crippen molar-refractivity contribution in [1.82, 2.24) is 4.90 Å². The summed E-state index contributed by atoms with van der Waals surface area (Å²) in [5.74, 6) is -0.920. The van der Waals surface area contributed by atoms with Crippen LogP contribution in [-0.4, -0.2) is 42.9 Å². The van der Waals surface area contributed by atoms with E-state index in [0.717, 1.165) is 5.56 Å². The molecule has 0 saturated carbocycles. The van der Waals surface area contributed by atoms with E-state index >= 15 is 0 Å². The molecule has 0 atom stereocenters. The van der Waals surface area contributed by atoms with Crippen LogP contribution in [0.25, 0.3) is 11.1 Å². The molecule has 0 aliphatic carbocycles. The van der Waals surface area contributed by atoms with E-state index < -0.39 is 6.36 Å². The number of amides is 2. The minimum Gasteiger partial charge on any atom is -0.406 e. The molecule has 1 heterocycles. The van der Waals surface area contributed by atoms with Gasteiger partial charge in [-0.15, -0.1) is 13.2 Å². The van der Waals surface area contributed by atoms with Crippen LogP contribution in [0.15, 0.2) is 84.0 Å². The van der Waals surface area contributed by atoms with E-state index in [2.05, 4.69) is 9.73 Å². The number of nitrogens with two attached hydrogens (primary N) is 1. The lowest BCUT2D eigenvalue weighted by molar-refractivity contribution is -0.274. The lowest BCUT2D eigenvalue weighted by atomic mass is 10.0. The molecule has 3 aromatic rings. The predicted octanol–water partition coefficient (Wildman–Crippen LogP) is 5.05. The second-order valence-electron chi connectivity index (χ2n) is 8.25. The molecule has 0 spiro atoms. The van der Waals surface area contributed by atoms with Crippen LogP contribution in [0.4, 0.5) is 24.5 Å². The lowest BCUT2D eigenvalue weighted by Crippen LogP contribution is -2.37. The molecular formula is C27H23F3N4O3. The molecule has 0 radical (unpaired) electrons. The second kappa shape index (κ2) is 10.6. The quantitative estimate of drug-likeness (QED) is 0.473. The number of rotatable bonds is 6. The van der Waals surface area contributed by atoms with Gasteiger partial charge >= 0.3 is 6.36 Å². The number of hydrogen-bond donors (Lipinski definition) is 1. The van der Waals surface area contributed by atoms with E-state index in [1.807, 2.05) is 12.1 Å². The van der Waals surface area contributed by atoms with Crippen molar-refractivity contribution in [2.24, 2.45) is 10.7 Å². The van der Waals surface area contributed by atoms with Crippen molar-refractivity contribution in [3.8, 4) is 16.9 Å². The maximum Gasteiger partial charge on any atom is 0.573 e. The number of carbonyl (C=O) groups excluding carboxylic acids is 2. The highest BCUT2D eigenvalue weighted by molar-refractivity contribution is 6.10. The van der Waals surface area contributed by atoms with Gasteiger partial charge in [0.2, 0.25) is 5.91 Å². The van der Waals surface area contributed by atoms with E-state index in [9.17, 15) is 22.8 Å². The Morgan fingerprint density at radius 2 is 1.68 bits per heavy atom. The van der Waals surface area contributed by atoms with Gasteiger partial charge in [0.25, 0.3) is 5.91 Å². The number of fused-ring (bicyclic) bond motifs is 1. The van der Waals surface area contributed by atoms with Crippen LogP contribution in [0.2, 0.25) is 0 Å². The second-order valence-corrected chi connectivity index (χ2v) is 8.25. The van der Waals surface area contributed by atoms with Crippen molar-refractivity contribution in [2.75, 3.05) is 18.5 Å². The summed E-state index contributed by atoms with van der Waals surface area (Å²) in [6, 6.07) is 17.6. The van der Waals surface area contributed by atoms with Gasteiger partial charge in [-0.25, -0.2) is 0 Å². The van der Waals surface area contributed by atoms with Crippen molar-refractivity contribution >= 4 is 29.4 Å². The largest absolute Gasteiger partial charge is 0.573 e. The van der Waals surface area contributed by atoms with Crippen LogP contribution in [0.1, 0.15) is 15.9 Å². The summed E-state index contributed by atoms with van der Waals surface area (Å²) in [6.45, 7) is 0.0995. The van der Waals surface area contributed by atoms with E-state index in [1.54, 1.807) is 49.7 Å². The molecule has 37 heavy (non-hydrogen) atoms. The number of aliphatic imine (C=N–C) groups is 1. The summed E-state index contributed by atoms with van der Waals surface area (Å²) in [6.07, 6.45) is -0.249. The summed E-state index contributed by atoms with van der Waals surface area (Å²) >= 11 is 0. The number of carbonyl (C=O) groups is 2. The SMILES string of the molecule is CN1C(=O)CN(Cc2ccc(N=CC=CN)cc2)C(=O)c2cc(-c3ccc(OC(F)(F)F)cc3)ccc21. The van der Waals surface area contributed by atoms with E-state index in [1.165, 1.54) is 40.3 Å². The van der Waals surface area contributed by atoms with Crippen LogP contribution in [0.3, 0.4) is 0 Å². The molecule has 190 valence electrons. The first-order chi connectivity index (χ1) is 17.6. The van der Waals surface area contributed by atoms with Crippen molar-refractivity contribution < 1.29 is 27.5 Å². The molecule has 1 aliphatic heterocycles. The highest BCUT2D eigenvalue weighted by Gasteiger charge is 2.32. The molecule has 10 heteroatoms. The molecule has 7 nitrogen and oxygen atoms in total. The first-order valence-corrected chi connectivity index (χ1v) is 11.2. The zero-order valence-corrected chi connectivity index (χ0v) is 19.8. The summed E-state index contributed by atoms with van der Waals surface area (Å²) in [5, 5.41) is 0. The molecule has 2 N–H and O–H groups in total. The first kappa shape index (κ1) is 25.5. The molecule has 1 aliphatic rings. The number of anilines is 1. The Balaban J connectivity index is 1.60. The number of nitrogens with zero attached hydrogens (tertiary/aromatic N) is 3. The number of ether oxygens (including phenoxy) is 1. The maximum atomic E-state index is 13.5. The Kier molecular flexibility index (Phi) is 7.28. The minimum atomic E-state index is -4.78. The molecular weight excluding hydrogens is 485 g/mol. The summed E-state index contributed by atoms with van der Waals surface area (Å²) < 4.78 is 41.3. The van der Waals surface area contributed by atoms with Crippen molar-refractivity contribution in [1.29, 1.82) is 0 Å². The molecule has 0 saturated heterocycles. The molecule has 2 amide bonds. The fraction of sp³-hybridized carbons (Fsp3) is 0.148. The Morgan fingerprint density at radius 3 is 2.32 bits per heavy atom. The number of halogens is 3. The van der Waals surface area contributed by atoms with Gasteiger partial charge in [-0.05, 0) is 65.4 Å². The van der Waals surface area contributed by atoms with Gasteiger partial charge in [0.1, 0.15) is 12.3 Å². The Bertz CT molecular complexity index is 1350. The number of likely N-dealkylation sites (N-methyl/N-ethyl adjacent to an activating group) is 1. The number of alkyl halides is 3. The smallest absolute Gasteiger partial charge is 0.406 e. The molecule has 0 aromatic heterocycles. The highest BCUT2D eigenvalue weighted by Crippen LogP contribution is 2.32. The number of allylic oxidation sites excluding steroid dienone is 1. The van der Waals surface area contributed by atoms with Crippen LogP contribution >= 0.6 is 0 Å². The third kappa shape index (κ3) is 6.16. The average Bonchev–Trinajstić information content (AvgIpc) is 2.95. The van der Waals surface area contributed by atoms with Gasteiger partial charge in [0.15, 0.2) is 0 Å². The van der Waals surface area contributed by atoms with Gasteiger partial charge in [-0.2, -0.15) is 0 Å². The van der Waals surface area contributed by atoms with E-state index in [0.29, 0.717) is 28.1 Å². The summed E-state index contributed by atoms with van der Waals surface area (Å²) in [5.41, 5.74) is 8.79. The topological polar surface area (TPSA) is 88.2 Å². The summed E-state index contributed by atoms with van der Waals surface area (Å²) in [7, 11) is 1.60. The predicted molar refractivity (Wildman–Crippen MR) is 135 cm³/mol.